The van der Waals surface area contributed by atoms with Crippen molar-refractivity contribution in [3.63, 3.8) is 0 Å². The molecule has 8 heteroatoms. The average molecular weight is 458 g/mol. The van der Waals surface area contributed by atoms with Gasteiger partial charge in [0.2, 0.25) is 0 Å². The molecule has 1 aliphatic rings. The molecule has 0 saturated heterocycles. The molecule has 0 spiro atoms. The van der Waals surface area contributed by atoms with Gasteiger partial charge in [-0.05, 0) is 69.2 Å². The number of rotatable bonds is 6. The highest BCUT2D eigenvalue weighted by molar-refractivity contribution is 7.18. The Morgan fingerprint density at radius 3 is 2.62 bits per heavy atom. The fourth-order valence-corrected chi connectivity index (χ4v) is 5.49. The minimum atomic E-state index is -0.593. The summed E-state index contributed by atoms with van der Waals surface area (Å²) in [4.78, 5) is 21.8. The number of aromatic nitrogens is 2. The summed E-state index contributed by atoms with van der Waals surface area (Å²) in [7, 11) is 0. The molecule has 1 amide bonds. The first-order valence-electron chi connectivity index (χ1n) is 11.0. The van der Waals surface area contributed by atoms with Crippen LogP contribution in [0.15, 0.2) is 24.3 Å². The molecule has 2 heterocycles. The fraction of sp³-hybridized carbons (Fsp3) is 0.458. The number of nitrogens with one attached hydrogen (secondary N) is 1. The Labute approximate surface area is 190 Å². The highest BCUT2D eigenvalue weighted by Crippen LogP contribution is 2.40. The SMILES string of the molecule is Cc1cc(F)cc(C(=O)Nc2cc3sc(C4CCC(CO)CC4)nc3cc2CC(C)O)n1. The minimum Gasteiger partial charge on any atom is -0.396 e. The number of aryl methyl sites for hydroxylation is 1. The summed E-state index contributed by atoms with van der Waals surface area (Å²) in [6, 6.07) is 6.19. The number of aliphatic hydroxyl groups is 2. The summed E-state index contributed by atoms with van der Waals surface area (Å²) in [5, 5.41) is 23.3. The van der Waals surface area contributed by atoms with E-state index in [0.717, 1.165) is 52.5 Å². The lowest BCUT2D eigenvalue weighted by Crippen LogP contribution is -2.17. The molecule has 32 heavy (non-hydrogen) atoms. The lowest BCUT2D eigenvalue weighted by atomic mass is 9.83. The van der Waals surface area contributed by atoms with Gasteiger partial charge in [-0.3, -0.25) is 4.79 Å². The summed E-state index contributed by atoms with van der Waals surface area (Å²) in [5.41, 5.74) is 2.64. The van der Waals surface area contributed by atoms with Gasteiger partial charge in [-0.1, -0.05) is 0 Å². The van der Waals surface area contributed by atoms with E-state index in [1.54, 1.807) is 25.2 Å². The molecular formula is C24H28FN3O3S. The van der Waals surface area contributed by atoms with Crippen molar-refractivity contribution in [2.75, 3.05) is 11.9 Å². The average Bonchev–Trinajstić information content (AvgIpc) is 3.15. The van der Waals surface area contributed by atoms with Crippen molar-refractivity contribution in [3.05, 3.63) is 52.0 Å². The molecule has 1 fully saturated rings. The van der Waals surface area contributed by atoms with Gasteiger partial charge in [0.25, 0.3) is 5.91 Å². The predicted molar refractivity (Wildman–Crippen MR) is 124 cm³/mol. The van der Waals surface area contributed by atoms with Crippen molar-refractivity contribution in [3.8, 4) is 0 Å². The molecule has 3 aromatic rings. The third kappa shape index (κ3) is 5.14. The number of fused-ring (bicyclic) bond motifs is 1. The summed E-state index contributed by atoms with van der Waals surface area (Å²) in [6.07, 6.45) is 3.80. The normalized spacial score (nSPS) is 19.8. The number of anilines is 1. The second-order valence-electron chi connectivity index (χ2n) is 8.75. The van der Waals surface area contributed by atoms with Crippen molar-refractivity contribution in [1.82, 2.24) is 9.97 Å². The second kappa shape index (κ2) is 9.60. The van der Waals surface area contributed by atoms with Crippen LogP contribution in [0, 0.1) is 18.7 Å². The molecule has 170 valence electrons. The van der Waals surface area contributed by atoms with Crippen LogP contribution in [0.25, 0.3) is 10.2 Å². The standard InChI is InChI=1S/C24H28FN3O3S/c1-13-7-18(25)10-21(26-13)23(31)27-19-11-22-20(9-17(19)8-14(2)30)28-24(32-22)16-5-3-15(12-29)4-6-16/h7,9-11,14-16,29-30H,3-6,8,12H2,1-2H3,(H,27,31). The van der Waals surface area contributed by atoms with Gasteiger partial charge in [0, 0.05) is 36.4 Å². The number of thiazole rings is 1. The van der Waals surface area contributed by atoms with E-state index in [2.05, 4.69) is 10.3 Å². The van der Waals surface area contributed by atoms with Crippen LogP contribution in [-0.4, -0.2) is 38.8 Å². The van der Waals surface area contributed by atoms with Crippen molar-refractivity contribution < 1.29 is 19.4 Å². The van der Waals surface area contributed by atoms with Crippen molar-refractivity contribution in [2.45, 2.75) is 58.0 Å². The number of pyridine rings is 1. The molecule has 4 rings (SSSR count). The Bertz CT molecular complexity index is 1100. The quantitative estimate of drug-likeness (QED) is 0.504. The van der Waals surface area contributed by atoms with Crippen LogP contribution in [0.1, 0.15) is 65.3 Å². The number of halogens is 1. The molecule has 0 radical (unpaired) electrons. The zero-order chi connectivity index (χ0) is 22.8. The Morgan fingerprint density at radius 2 is 1.97 bits per heavy atom. The van der Waals surface area contributed by atoms with E-state index in [0.29, 0.717) is 29.6 Å². The van der Waals surface area contributed by atoms with Crippen LogP contribution in [0.3, 0.4) is 0 Å². The first-order chi connectivity index (χ1) is 15.3. The molecule has 1 aromatic carbocycles. The number of hydrogen-bond acceptors (Lipinski definition) is 6. The Morgan fingerprint density at radius 1 is 1.22 bits per heavy atom. The molecule has 1 saturated carbocycles. The summed E-state index contributed by atoms with van der Waals surface area (Å²) in [5.74, 6) is -0.232. The third-order valence-electron chi connectivity index (χ3n) is 6.00. The van der Waals surface area contributed by atoms with E-state index >= 15 is 0 Å². The van der Waals surface area contributed by atoms with Crippen molar-refractivity contribution >= 4 is 33.1 Å². The zero-order valence-electron chi connectivity index (χ0n) is 18.3. The first-order valence-corrected chi connectivity index (χ1v) is 11.8. The van der Waals surface area contributed by atoms with Crippen LogP contribution >= 0.6 is 11.3 Å². The molecule has 1 unspecified atom stereocenters. The van der Waals surface area contributed by atoms with Gasteiger partial charge in [-0.25, -0.2) is 14.4 Å². The number of benzene rings is 1. The molecular weight excluding hydrogens is 429 g/mol. The van der Waals surface area contributed by atoms with Gasteiger partial charge in [-0.2, -0.15) is 0 Å². The zero-order valence-corrected chi connectivity index (χ0v) is 19.1. The Hall–Kier alpha value is -2.42. The van der Waals surface area contributed by atoms with E-state index in [9.17, 15) is 19.4 Å². The number of carbonyl (C=O) groups is 1. The minimum absolute atomic E-state index is 0.0104. The van der Waals surface area contributed by atoms with Gasteiger partial charge < -0.3 is 15.5 Å². The number of carbonyl (C=O) groups excluding carboxylic acids is 1. The van der Waals surface area contributed by atoms with Crippen molar-refractivity contribution in [2.24, 2.45) is 5.92 Å². The number of aliphatic hydroxyl groups excluding tert-OH is 2. The Balaban J connectivity index is 1.63. The Kier molecular flexibility index (Phi) is 6.83. The summed E-state index contributed by atoms with van der Waals surface area (Å²) in [6.45, 7) is 3.58. The third-order valence-corrected chi connectivity index (χ3v) is 7.18. The number of amides is 1. The van der Waals surface area contributed by atoms with E-state index in [1.807, 2.05) is 12.1 Å². The molecule has 0 aliphatic heterocycles. The number of nitrogens with zero attached hydrogens (tertiary/aromatic N) is 2. The molecule has 0 bridgehead atoms. The van der Waals surface area contributed by atoms with Gasteiger partial charge in [0.1, 0.15) is 11.5 Å². The van der Waals surface area contributed by atoms with Gasteiger partial charge >= 0.3 is 0 Å². The van der Waals surface area contributed by atoms with E-state index in [1.165, 1.54) is 6.07 Å². The van der Waals surface area contributed by atoms with Gasteiger partial charge in [-0.15, -0.1) is 11.3 Å². The lowest BCUT2D eigenvalue weighted by molar-refractivity contribution is 0.102. The topological polar surface area (TPSA) is 95.3 Å². The molecule has 6 nitrogen and oxygen atoms in total. The summed E-state index contributed by atoms with van der Waals surface area (Å²) < 4.78 is 14.7. The fourth-order valence-electron chi connectivity index (χ4n) is 4.33. The van der Waals surface area contributed by atoms with Crippen LogP contribution in [0.5, 0.6) is 0 Å². The maximum absolute atomic E-state index is 13.7. The molecule has 3 N–H and O–H groups in total. The van der Waals surface area contributed by atoms with Gasteiger partial charge in [0.05, 0.1) is 21.3 Å². The maximum atomic E-state index is 13.7. The van der Waals surface area contributed by atoms with Crippen LogP contribution in [0.2, 0.25) is 0 Å². The molecule has 1 aliphatic carbocycles. The number of hydrogen-bond donors (Lipinski definition) is 3. The summed E-state index contributed by atoms with van der Waals surface area (Å²) >= 11 is 1.62. The molecule has 2 aromatic heterocycles. The van der Waals surface area contributed by atoms with Crippen LogP contribution < -0.4 is 5.32 Å². The monoisotopic (exact) mass is 457 g/mol. The van der Waals surface area contributed by atoms with E-state index in [4.69, 9.17) is 4.98 Å². The van der Waals surface area contributed by atoms with Crippen LogP contribution in [-0.2, 0) is 6.42 Å². The first kappa shape index (κ1) is 22.8. The predicted octanol–water partition coefficient (Wildman–Crippen LogP) is 4.58. The largest absolute Gasteiger partial charge is 0.396 e. The lowest BCUT2D eigenvalue weighted by Gasteiger charge is -2.25. The van der Waals surface area contributed by atoms with E-state index < -0.39 is 17.8 Å². The van der Waals surface area contributed by atoms with Crippen molar-refractivity contribution in [1.29, 1.82) is 0 Å². The van der Waals surface area contributed by atoms with Gasteiger partial charge in [0.15, 0.2) is 0 Å². The smallest absolute Gasteiger partial charge is 0.274 e. The van der Waals surface area contributed by atoms with E-state index in [-0.39, 0.29) is 12.3 Å². The van der Waals surface area contributed by atoms with Crippen LogP contribution in [0.4, 0.5) is 10.1 Å². The highest BCUT2D eigenvalue weighted by atomic mass is 32.1. The second-order valence-corrected chi connectivity index (χ2v) is 9.81. The molecule has 1 atom stereocenters. The maximum Gasteiger partial charge on any atom is 0.274 e. The highest BCUT2D eigenvalue weighted by Gasteiger charge is 2.25.